The number of aromatic nitrogens is 3. The molecule has 2 aromatic heterocycles. The Balaban J connectivity index is 1.62. The number of nitrogens with zero attached hydrogens (tertiary/aromatic N) is 2. The molecule has 2 aliphatic rings. The van der Waals surface area contributed by atoms with Gasteiger partial charge in [0.15, 0.2) is 6.10 Å². The van der Waals surface area contributed by atoms with Crippen LogP contribution < -0.4 is 0 Å². The maximum Gasteiger partial charge on any atom is 0.332 e. The van der Waals surface area contributed by atoms with Gasteiger partial charge >= 0.3 is 5.97 Å². The number of carboxylic acid groups (broad SMARTS) is 1. The smallest absolute Gasteiger partial charge is 0.332 e. The molecule has 2 N–H and O–H groups in total. The first-order chi connectivity index (χ1) is 17.0. The molecule has 2 aromatic carbocycles. The number of carbonyl (C=O) groups is 1. The number of carboxylic acids is 1. The molecule has 2 fully saturated rings. The van der Waals surface area contributed by atoms with Gasteiger partial charge in [-0.05, 0) is 74.1 Å². The number of aliphatic carboxylic acids is 1. The summed E-state index contributed by atoms with van der Waals surface area (Å²) in [5.41, 5.74) is 5.92. The molecule has 6 rings (SSSR count). The molecule has 8 heteroatoms. The highest BCUT2D eigenvalue weighted by Crippen LogP contribution is 2.45. The third-order valence-electron chi connectivity index (χ3n) is 7.57. The van der Waals surface area contributed by atoms with Crippen molar-refractivity contribution in [3.8, 4) is 5.69 Å². The van der Waals surface area contributed by atoms with Crippen LogP contribution in [0.1, 0.15) is 54.3 Å². The van der Waals surface area contributed by atoms with Gasteiger partial charge in [-0.15, -0.1) is 0 Å². The van der Waals surface area contributed by atoms with Gasteiger partial charge < -0.3 is 19.1 Å². The van der Waals surface area contributed by atoms with Gasteiger partial charge in [0.25, 0.3) is 0 Å². The van der Waals surface area contributed by atoms with Crippen LogP contribution in [0.15, 0.2) is 36.5 Å². The number of rotatable bonds is 4. The molecule has 0 spiro atoms. The minimum atomic E-state index is -0.906. The quantitative estimate of drug-likeness (QED) is 0.422. The lowest BCUT2D eigenvalue weighted by atomic mass is 9.84. The predicted octanol–water partition coefficient (Wildman–Crippen LogP) is 5.20. The Bertz CT molecular complexity index is 1410. The van der Waals surface area contributed by atoms with E-state index in [2.05, 4.69) is 26.9 Å². The molecule has 35 heavy (non-hydrogen) atoms. The van der Waals surface area contributed by atoms with Crippen LogP contribution in [-0.4, -0.2) is 51.8 Å². The molecular weight excluding hydrogens is 449 g/mol. The lowest BCUT2D eigenvalue weighted by Gasteiger charge is -2.31. The van der Waals surface area contributed by atoms with E-state index >= 15 is 0 Å². The van der Waals surface area contributed by atoms with E-state index in [1.807, 2.05) is 18.3 Å². The third-order valence-corrected chi connectivity index (χ3v) is 7.57. The number of ether oxygens (including phenoxy) is 2. The topological polar surface area (TPSA) is 89.4 Å². The normalized spacial score (nSPS) is 21.7. The third kappa shape index (κ3) is 3.81. The van der Waals surface area contributed by atoms with Crippen LogP contribution in [-0.2, 0) is 14.3 Å². The van der Waals surface area contributed by atoms with Gasteiger partial charge in [0.2, 0.25) is 0 Å². The summed E-state index contributed by atoms with van der Waals surface area (Å²) in [7, 11) is 0. The molecule has 4 aromatic rings. The maximum atomic E-state index is 14.2. The number of hydrogen-bond acceptors (Lipinski definition) is 4. The number of nitrogens with one attached hydrogen (secondary N) is 1. The Hall–Kier alpha value is -3.23. The zero-order chi connectivity index (χ0) is 24.1. The Morgan fingerprint density at radius 2 is 1.97 bits per heavy atom. The van der Waals surface area contributed by atoms with E-state index < -0.39 is 12.1 Å². The highest BCUT2D eigenvalue weighted by atomic mass is 19.1. The molecular formula is C27H28FN3O4. The molecule has 0 aliphatic carbocycles. The van der Waals surface area contributed by atoms with E-state index in [4.69, 9.17) is 9.47 Å². The zero-order valence-corrected chi connectivity index (χ0v) is 19.6. The van der Waals surface area contributed by atoms with Crippen molar-refractivity contribution in [2.45, 2.75) is 50.5 Å². The number of fused-ring (bicyclic) bond motifs is 2. The van der Waals surface area contributed by atoms with E-state index in [0.717, 1.165) is 46.8 Å². The van der Waals surface area contributed by atoms with Crippen molar-refractivity contribution < 1.29 is 23.8 Å². The summed E-state index contributed by atoms with van der Waals surface area (Å²) in [6.07, 6.45) is 4.06. The van der Waals surface area contributed by atoms with Crippen LogP contribution in [0.4, 0.5) is 4.39 Å². The van der Waals surface area contributed by atoms with Crippen LogP contribution in [0, 0.1) is 12.7 Å². The van der Waals surface area contributed by atoms with Crippen molar-refractivity contribution >= 4 is 27.8 Å². The van der Waals surface area contributed by atoms with E-state index in [-0.39, 0.29) is 17.7 Å². The minimum Gasteiger partial charge on any atom is -0.479 e. The Labute approximate surface area is 201 Å². The summed E-state index contributed by atoms with van der Waals surface area (Å²) in [6.45, 7) is 3.53. The summed E-state index contributed by atoms with van der Waals surface area (Å²) in [5.74, 6) is -0.800. The largest absolute Gasteiger partial charge is 0.479 e. The standard InChI is InChI=1S/C27H28FN3O4/c1-15-10-19(3-4-21(15)28)31-23-11-18-13-29-30-22(18)12-20(23)25(26(31)16-6-8-34-9-7-16)17-2-5-24(27(32)33)35-14-17/h3-4,10-13,16-17,24H,2,5-9,14H2,1H3,(H,29,30)(H,32,33)/t17-,24+/m0/s1. The van der Waals surface area contributed by atoms with Gasteiger partial charge in [-0.25, -0.2) is 9.18 Å². The first-order valence-electron chi connectivity index (χ1n) is 12.2. The highest BCUT2D eigenvalue weighted by molar-refractivity contribution is 5.99. The number of H-pyrrole nitrogens is 1. The van der Waals surface area contributed by atoms with Crippen molar-refractivity contribution in [1.29, 1.82) is 0 Å². The summed E-state index contributed by atoms with van der Waals surface area (Å²) < 4.78 is 28.0. The number of aromatic amines is 1. The van der Waals surface area contributed by atoms with Crippen LogP contribution in [0.5, 0.6) is 0 Å². The van der Waals surface area contributed by atoms with E-state index in [1.54, 1.807) is 6.92 Å². The highest BCUT2D eigenvalue weighted by Gasteiger charge is 2.35. The minimum absolute atomic E-state index is 0.0640. The van der Waals surface area contributed by atoms with Crippen molar-refractivity contribution in [2.75, 3.05) is 19.8 Å². The number of aryl methyl sites for hydroxylation is 1. The SMILES string of the molecule is Cc1cc(-n2c(C3CCOCC3)c([C@H]3CC[C@H](C(=O)O)OC3)c3cc4[nH]ncc4cc32)ccc1F. The fraction of sp³-hybridized carbons (Fsp3) is 0.407. The second-order valence-electron chi connectivity index (χ2n) is 9.72. The average Bonchev–Trinajstić information content (AvgIpc) is 3.46. The predicted molar refractivity (Wildman–Crippen MR) is 130 cm³/mol. The molecule has 2 atom stereocenters. The first-order valence-corrected chi connectivity index (χ1v) is 12.2. The monoisotopic (exact) mass is 477 g/mol. The number of benzene rings is 2. The molecule has 0 unspecified atom stereocenters. The molecule has 2 aliphatic heterocycles. The van der Waals surface area contributed by atoms with Crippen molar-refractivity contribution in [1.82, 2.24) is 14.8 Å². The average molecular weight is 478 g/mol. The van der Waals surface area contributed by atoms with Crippen LogP contribution in [0.3, 0.4) is 0 Å². The Kier molecular flexibility index (Phi) is 5.57. The van der Waals surface area contributed by atoms with Crippen LogP contribution >= 0.6 is 0 Å². The van der Waals surface area contributed by atoms with Gasteiger partial charge in [-0.3, -0.25) is 5.10 Å². The Morgan fingerprint density at radius 3 is 2.69 bits per heavy atom. The molecule has 0 bridgehead atoms. The first kappa shape index (κ1) is 22.2. The molecule has 0 radical (unpaired) electrons. The summed E-state index contributed by atoms with van der Waals surface area (Å²) in [5, 5.41) is 18.9. The van der Waals surface area contributed by atoms with Crippen molar-refractivity contribution in [3.05, 3.63) is 59.2 Å². The fourth-order valence-corrected chi connectivity index (χ4v) is 5.79. The van der Waals surface area contributed by atoms with Gasteiger partial charge in [-0.1, -0.05) is 0 Å². The molecule has 0 amide bonds. The summed E-state index contributed by atoms with van der Waals surface area (Å²) in [4.78, 5) is 11.5. The lowest BCUT2D eigenvalue weighted by molar-refractivity contribution is -0.153. The van der Waals surface area contributed by atoms with E-state index in [0.29, 0.717) is 31.8 Å². The molecule has 4 heterocycles. The van der Waals surface area contributed by atoms with E-state index in [9.17, 15) is 14.3 Å². The van der Waals surface area contributed by atoms with Crippen LogP contribution in [0.2, 0.25) is 0 Å². The second-order valence-corrected chi connectivity index (χ2v) is 9.72. The second kappa shape index (κ2) is 8.77. The van der Waals surface area contributed by atoms with Gasteiger partial charge in [0.05, 0.1) is 23.8 Å². The number of halogens is 1. The summed E-state index contributed by atoms with van der Waals surface area (Å²) in [6, 6.07) is 9.56. The molecule has 182 valence electrons. The maximum absolute atomic E-state index is 14.2. The Morgan fingerprint density at radius 1 is 1.14 bits per heavy atom. The lowest BCUT2D eigenvalue weighted by Crippen LogP contribution is -2.31. The van der Waals surface area contributed by atoms with Gasteiger partial charge in [-0.2, -0.15) is 5.10 Å². The summed E-state index contributed by atoms with van der Waals surface area (Å²) >= 11 is 0. The molecule has 2 saturated heterocycles. The van der Waals surface area contributed by atoms with Crippen molar-refractivity contribution in [2.24, 2.45) is 0 Å². The number of hydrogen-bond donors (Lipinski definition) is 2. The molecule has 7 nitrogen and oxygen atoms in total. The van der Waals surface area contributed by atoms with Crippen LogP contribution in [0.25, 0.3) is 27.5 Å². The van der Waals surface area contributed by atoms with Crippen molar-refractivity contribution in [3.63, 3.8) is 0 Å². The molecule has 0 saturated carbocycles. The van der Waals surface area contributed by atoms with Gasteiger partial charge in [0, 0.05) is 47.2 Å². The van der Waals surface area contributed by atoms with E-state index in [1.165, 1.54) is 17.3 Å². The fourth-order valence-electron chi connectivity index (χ4n) is 5.79. The zero-order valence-electron chi connectivity index (χ0n) is 19.6. The van der Waals surface area contributed by atoms with Gasteiger partial charge in [0.1, 0.15) is 5.82 Å².